The molecule has 18 heavy (non-hydrogen) atoms. The van der Waals surface area contributed by atoms with Crippen LogP contribution in [0.1, 0.15) is 24.5 Å². The standard InChI is InChI=1S/C16H18ClN/c1-2-5-13-8-10-15(11-9-13)18-12-14-6-3-4-7-16(14)17/h3-4,6-11,18H,2,5,12H2,1H3. The Morgan fingerprint density at radius 3 is 2.39 bits per heavy atom. The average Bonchev–Trinajstić information content (AvgIpc) is 2.40. The summed E-state index contributed by atoms with van der Waals surface area (Å²) in [5, 5.41) is 4.20. The maximum absolute atomic E-state index is 6.12. The summed E-state index contributed by atoms with van der Waals surface area (Å²) in [7, 11) is 0. The summed E-state index contributed by atoms with van der Waals surface area (Å²) in [5.41, 5.74) is 3.65. The highest BCUT2D eigenvalue weighted by molar-refractivity contribution is 6.31. The van der Waals surface area contributed by atoms with Crippen molar-refractivity contribution in [3.8, 4) is 0 Å². The molecule has 0 atom stereocenters. The first-order chi connectivity index (χ1) is 8.79. The molecule has 0 amide bonds. The lowest BCUT2D eigenvalue weighted by Crippen LogP contribution is -1.99. The van der Waals surface area contributed by atoms with E-state index in [0.717, 1.165) is 29.2 Å². The third-order valence-electron chi connectivity index (χ3n) is 2.93. The Kier molecular flexibility index (Phi) is 4.66. The van der Waals surface area contributed by atoms with Crippen LogP contribution in [0.3, 0.4) is 0 Å². The molecule has 94 valence electrons. The maximum atomic E-state index is 6.12. The minimum absolute atomic E-state index is 0.757. The van der Waals surface area contributed by atoms with E-state index < -0.39 is 0 Å². The molecule has 0 heterocycles. The van der Waals surface area contributed by atoms with Gasteiger partial charge in [-0.25, -0.2) is 0 Å². The molecule has 1 nitrogen and oxygen atoms in total. The molecule has 1 N–H and O–H groups in total. The monoisotopic (exact) mass is 259 g/mol. The lowest BCUT2D eigenvalue weighted by atomic mass is 10.1. The molecule has 2 rings (SSSR count). The predicted octanol–water partition coefficient (Wildman–Crippen LogP) is 4.90. The summed E-state index contributed by atoms with van der Waals surface area (Å²) in [6.07, 6.45) is 2.33. The Labute approximate surface area is 114 Å². The molecule has 0 aliphatic carbocycles. The Morgan fingerprint density at radius 1 is 1.00 bits per heavy atom. The van der Waals surface area contributed by atoms with Crippen LogP contribution in [-0.4, -0.2) is 0 Å². The molecule has 2 aromatic carbocycles. The zero-order chi connectivity index (χ0) is 12.8. The van der Waals surface area contributed by atoms with E-state index in [0.29, 0.717) is 0 Å². The first kappa shape index (κ1) is 13.0. The van der Waals surface area contributed by atoms with Crippen molar-refractivity contribution in [3.05, 3.63) is 64.7 Å². The van der Waals surface area contributed by atoms with Crippen LogP contribution in [0, 0.1) is 0 Å². The summed E-state index contributed by atoms with van der Waals surface area (Å²) in [4.78, 5) is 0. The van der Waals surface area contributed by atoms with Gasteiger partial charge in [0.25, 0.3) is 0 Å². The number of nitrogens with one attached hydrogen (secondary N) is 1. The maximum Gasteiger partial charge on any atom is 0.0455 e. The normalized spacial score (nSPS) is 10.3. The summed E-state index contributed by atoms with van der Waals surface area (Å²) >= 11 is 6.12. The molecule has 0 unspecified atom stereocenters. The van der Waals surface area contributed by atoms with E-state index in [1.807, 2.05) is 24.3 Å². The van der Waals surface area contributed by atoms with Crippen LogP contribution in [0.25, 0.3) is 0 Å². The van der Waals surface area contributed by atoms with E-state index in [1.54, 1.807) is 0 Å². The van der Waals surface area contributed by atoms with Gasteiger partial charge in [-0.15, -0.1) is 0 Å². The highest BCUT2D eigenvalue weighted by Crippen LogP contribution is 2.17. The van der Waals surface area contributed by atoms with E-state index in [4.69, 9.17) is 11.6 Å². The molecule has 0 saturated heterocycles. The molecule has 0 bridgehead atoms. The van der Waals surface area contributed by atoms with Crippen molar-refractivity contribution in [1.29, 1.82) is 0 Å². The number of rotatable bonds is 5. The van der Waals surface area contributed by atoms with Gasteiger partial charge in [-0.2, -0.15) is 0 Å². The minimum atomic E-state index is 0.757. The van der Waals surface area contributed by atoms with Crippen molar-refractivity contribution in [2.24, 2.45) is 0 Å². The second kappa shape index (κ2) is 6.46. The van der Waals surface area contributed by atoms with Gasteiger partial charge in [-0.1, -0.05) is 55.3 Å². The largest absolute Gasteiger partial charge is 0.381 e. The van der Waals surface area contributed by atoms with Crippen molar-refractivity contribution in [2.45, 2.75) is 26.3 Å². The number of aryl methyl sites for hydroxylation is 1. The second-order valence-corrected chi connectivity index (χ2v) is 4.80. The highest BCUT2D eigenvalue weighted by atomic mass is 35.5. The first-order valence-electron chi connectivity index (χ1n) is 6.36. The average molecular weight is 260 g/mol. The van der Waals surface area contributed by atoms with Gasteiger partial charge in [-0.05, 0) is 35.7 Å². The molecule has 0 aliphatic heterocycles. The fraction of sp³-hybridized carbons (Fsp3) is 0.250. The van der Waals surface area contributed by atoms with E-state index in [2.05, 4.69) is 36.5 Å². The van der Waals surface area contributed by atoms with Gasteiger partial charge in [0.15, 0.2) is 0 Å². The molecule has 0 spiro atoms. The van der Waals surface area contributed by atoms with Gasteiger partial charge < -0.3 is 5.32 Å². The highest BCUT2D eigenvalue weighted by Gasteiger charge is 1.99. The van der Waals surface area contributed by atoms with Crippen molar-refractivity contribution < 1.29 is 0 Å². The molecule has 2 aromatic rings. The van der Waals surface area contributed by atoms with E-state index in [1.165, 1.54) is 12.0 Å². The van der Waals surface area contributed by atoms with Crippen molar-refractivity contribution in [2.75, 3.05) is 5.32 Å². The zero-order valence-electron chi connectivity index (χ0n) is 10.6. The lowest BCUT2D eigenvalue weighted by molar-refractivity contribution is 0.922. The smallest absolute Gasteiger partial charge is 0.0455 e. The number of hydrogen-bond donors (Lipinski definition) is 1. The topological polar surface area (TPSA) is 12.0 Å². The van der Waals surface area contributed by atoms with Gasteiger partial charge in [-0.3, -0.25) is 0 Å². The number of benzene rings is 2. The van der Waals surface area contributed by atoms with Crippen LogP contribution in [0.15, 0.2) is 48.5 Å². The van der Waals surface area contributed by atoms with E-state index in [-0.39, 0.29) is 0 Å². The molecule has 0 fully saturated rings. The Hall–Kier alpha value is -1.47. The van der Waals surface area contributed by atoms with Gasteiger partial charge in [0.2, 0.25) is 0 Å². The predicted molar refractivity (Wildman–Crippen MR) is 79.2 cm³/mol. The van der Waals surface area contributed by atoms with Crippen LogP contribution < -0.4 is 5.32 Å². The summed E-state index contributed by atoms with van der Waals surface area (Å²) in [6.45, 7) is 2.95. The summed E-state index contributed by atoms with van der Waals surface area (Å²) in [6, 6.07) is 16.5. The number of halogens is 1. The van der Waals surface area contributed by atoms with Crippen LogP contribution in [0.5, 0.6) is 0 Å². The third kappa shape index (κ3) is 3.51. The van der Waals surface area contributed by atoms with Crippen molar-refractivity contribution in [1.82, 2.24) is 0 Å². The Balaban J connectivity index is 1.96. The lowest BCUT2D eigenvalue weighted by Gasteiger charge is -2.08. The molecule has 0 radical (unpaired) electrons. The zero-order valence-corrected chi connectivity index (χ0v) is 11.4. The quantitative estimate of drug-likeness (QED) is 0.805. The van der Waals surface area contributed by atoms with Gasteiger partial charge in [0, 0.05) is 17.3 Å². The SMILES string of the molecule is CCCc1ccc(NCc2ccccc2Cl)cc1. The van der Waals surface area contributed by atoms with E-state index in [9.17, 15) is 0 Å². The summed E-state index contributed by atoms with van der Waals surface area (Å²) < 4.78 is 0. The number of anilines is 1. The van der Waals surface area contributed by atoms with E-state index >= 15 is 0 Å². The van der Waals surface area contributed by atoms with Gasteiger partial charge in [0.1, 0.15) is 0 Å². The fourth-order valence-electron chi connectivity index (χ4n) is 1.92. The fourth-order valence-corrected chi connectivity index (χ4v) is 2.12. The van der Waals surface area contributed by atoms with Crippen LogP contribution in [0.4, 0.5) is 5.69 Å². The minimum Gasteiger partial charge on any atom is -0.381 e. The van der Waals surface area contributed by atoms with Crippen molar-refractivity contribution >= 4 is 17.3 Å². The number of hydrogen-bond acceptors (Lipinski definition) is 1. The Morgan fingerprint density at radius 2 is 1.72 bits per heavy atom. The molecular weight excluding hydrogens is 242 g/mol. The molecule has 0 aliphatic rings. The molecule has 0 aromatic heterocycles. The first-order valence-corrected chi connectivity index (χ1v) is 6.73. The third-order valence-corrected chi connectivity index (χ3v) is 3.30. The van der Waals surface area contributed by atoms with Crippen LogP contribution in [-0.2, 0) is 13.0 Å². The molecular formula is C16H18ClN. The molecule has 2 heteroatoms. The van der Waals surface area contributed by atoms with Gasteiger partial charge >= 0.3 is 0 Å². The van der Waals surface area contributed by atoms with Gasteiger partial charge in [0.05, 0.1) is 0 Å². The second-order valence-electron chi connectivity index (χ2n) is 4.39. The van der Waals surface area contributed by atoms with Crippen molar-refractivity contribution in [3.63, 3.8) is 0 Å². The summed E-state index contributed by atoms with van der Waals surface area (Å²) in [5.74, 6) is 0. The van der Waals surface area contributed by atoms with Crippen LogP contribution in [0.2, 0.25) is 5.02 Å². The Bertz CT molecular complexity index is 491. The molecule has 0 saturated carbocycles. The van der Waals surface area contributed by atoms with Crippen LogP contribution >= 0.6 is 11.6 Å².